The summed E-state index contributed by atoms with van der Waals surface area (Å²) in [5.74, 6) is 0.751. The van der Waals surface area contributed by atoms with E-state index in [-0.39, 0.29) is 12.3 Å². The van der Waals surface area contributed by atoms with Crippen LogP contribution in [0.4, 0.5) is 5.69 Å². The number of aromatic nitrogens is 4. The van der Waals surface area contributed by atoms with Crippen LogP contribution in [0.3, 0.4) is 0 Å². The first kappa shape index (κ1) is 22.5. The van der Waals surface area contributed by atoms with Gasteiger partial charge >= 0.3 is 0 Å². The zero-order valence-corrected chi connectivity index (χ0v) is 19.3. The summed E-state index contributed by atoms with van der Waals surface area (Å²) < 4.78 is 17.5. The smallest absolute Gasteiger partial charge is 0.278 e. The molecule has 2 aromatic carbocycles. The molecule has 0 fully saturated rings. The van der Waals surface area contributed by atoms with Crippen LogP contribution in [-0.2, 0) is 11.3 Å². The summed E-state index contributed by atoms with van der Waals surface area (Å²) in [7, 11) is 4.72. The number of halogens is 1. The third kappa shape index (κ3) is 4.33. The van der Waals surface area contributed by atoms with E-state index < -0.39 is 5.91 Å². The Morgan fingerprint density at radius 1 is 1.06 bits per heavy atom. The van der Waals surface area contributed by atoms with Crippen molar-refractivity contribution < 1.29 is 19.0 Å². The van der Waals surface area contributed by atoms with Crippen LogP contribution in [0, 0.1) is 6.92 Å². The number of hydrogen-bond acceptors (Lipinski definition) is 7. The Morgan fingerprint density at radius 3 is 2.48 bits per heavy atom. The fourth-order valence-electron chi connectivity index (χ4n) is 3.51. The molecule has 9 nitrogen and oxygen atoms in total. The highest BCUT2D eigenvalue weighted by molar-refractivity contribution is 6.31. The molecule has 0 aliphatic carbocycles. The molecule has 0 spiro atoms. The van der Waals surface area contributed by atoms with Crippen molar-refractivity contribution in [3.8, 4) is 22.6 Å². The fourth-order valence-corrected chi connectivity index (χ4v) is 3.68. The Morgan fingerprint density at radius 2 is 1.82 bits per heavy atom. The molecule has 1 amide bonds. The number of hydrogen-bond donors (Lipinski definition) is 1. The van der Waals surface area contributed by atoms with Gasteiger partial charge in [0, 0.05) is 12.1 Å². The molecule has 2 heterocycles. The lowest BCUT2D eigenvalue weighted by Crippen LogP contribution is -2.19. The molecule has 0 bridgehead atoms. The van der Waals surface area contributed by atoms with Crippen molar-refractivity contribution in [1.29, 1.82) is 0 Å². The van der Waals surface area contributed by atoms with E-state index in [1.54, 1.807) is 43.9 Å². The molecule has 0 radical (unpaired) electrons. The van der Waals surface area contributed by atoms with Gasteiger partial charge < -0.3 is 19.5 Å². The van der Waals surface area contributed by atoms with Crippen LogP contribution >= 0.6 is 11.6 Å². The molecule has 0 saturated heterocycles. The number of ether oxygens (including phenoxy) is 3. The quantitative estimate of drug-likeness (QED) is 0.435. The van der Waals surface area contributed by atoms with Crippen LogP contribution in [0.15, 0.2) is 42.5 Å². The van der Waals surface area contributed by atoms with Gasteiger partial charge in [-0.05, 0) is 42.8 Å². The second kappa shape index (κ2) is 9.43. The number of aryl methyl sites for hydroxylation is 1. The predicted molar refractivity (Wildman–Crippen MR) is 124 cm³/mol. The summed E-state index contributed by atoms with van der Waals surface area (Å²) in [5.41, 5.74) is 3.92. The molecule has 4 aromatic rings. The topological polar surface area (TPSA) is 99.9 Å². The van der Waals surface area contributed by atoms with Crippen molar-refractivity contribution in [2.45, 2.75) is 13.5 Å². The van der Waals surface area contributed by atoms with Crippen molar-refractivity contribution in [2.24, 2.45) is 0 Å². The molecule has 33 heavy (non-hydrogen) atoms. The Kier molecular flexibility index (Phi) is 6.43. The van der Waals surface area contributed by atoms with Gasteiger partial charge in [-0.25, -0.2) is 4.52 Å². The Hall–Kier alpha value is -3.69. The molecule has 170 valence electrons. The van der Waals surface area contributed by atoms with Crippen molar-refractivity contribution in [1.82, 2.24) is 19.8 Å². The number of anilines is 1. The van der Waals surface area contributed by atoms with Gasteiger partial charge in [0.2, 0.25) is 0 Å². The number of methoxy groups -OCH3 is 3. The number of nitrogens with one attached hydrogen (secondary N) is 1. The molecule has 0 aliphatic heterocycles. The largest absolute Gasteiger partial charge is 0.497 e. The summed E-state index contributed by atoms with van der Waals surface area (Å²) in [6.07, 6.45) is 0. The first-order valence-electron chi connectivity index (χ1n) is 10.00. The minimum Gasteiger partial charge on any atom is -0.497 e. The van der Waals surface area contributed by atoms with Crippen LogP contribution in [0.1, 0.15) is 21.9 Å². The SMILES string of the molecule is COCc1nn2c(C)c(C(=O)Nc3cc(Cl)ccc3OC)nnc2c1-c1ccc(OC)cc1. The lowest BCUT2D eigenvalue weighted by molar-refractivity contribution is 0.101. The highest BCUT2D eigenvalue weighted by Gasteiger charge is 2.22. The maximum Gasteiger partial charge on any atom is 0.278 e. The molecular formula is C23H22ClN5O4. The van der Waals surface area contributed by atoms with Gasteiger partial charge in [0.1, 0.15) is 11.5 Å². The Bertz CT molecular complexity index is 1320. The average molecular weight is 468 g/mol. The van der Waals surface area contributed by atoms with E-state index in [9.17, 15) is 4.79 Å². The van der Waals surface area contributed by atoms with Gasteiger partial charge in [-0.1, -0.05) is 23.7 Å². The van der Waals surface area contributed by atoms with Crippen molar-refractivity contribution in [2.75, 3.05) is 26.6 Å². The van der Waals surface area contributed by atoms with Crippen LogP contribution in [0.25, 0.3) is 16.8 Å². The highest BCUT2D eigenvalue weighted by Crippen LogP contribution is 2.31. The number of rotatable bonds is 7. The van der Waals surface area contributed by atoms with Crippen LogP contribution < -0.4 is 14.8 Å². The van der Waals surface area contributed by atoms with Crippen LogP contribution in [-0.4, -0.2) is 47.0 Å². The summed E-state index contributed by atoms with van der Waals surface area (Å²) in [6.45, 7) is 2.03. The van der Waals surface area contributed by atoms with Gasteiger partial charge in [0.15, 0.2) is 11.3 Å². The number of amides is 1. The van der Waals surface area contributed by atoms with Gasteiger partial charge in [0.25, 0.3) is 5.91 Å². The zero-order valence-electron chi connectivity index (χ0n) is 18.5. The third-order valence-corrected chi connectivity index (χ3v) is 5.36. The van der Waals surface area contributed by atoms with E-state index in [0.29, 0.717) is 33.5 Å². The van der Waals surface area contributed by atoms with E-state index in [1.807, 2.05) is 24.3 Å². The van der Waals surface area contributed by atoms with Gasteiger partial charge in [-0.15, -0.1) is 10.2 Å². The van der Waals surface area contributed by atoms with E-state index in [1.165, 1.54) is 7.11 Å². The lowest BCUT2D eigenvalue weighted by atomic mass is 10.1. The number of nitrogens with zero attached hydrogens (tertiary/aromatic N) is 4. The molecule has 4 rings (SSSR count). The Labute approximate surface area is 195 Å². The maximum absolute atomic E-state index is 13.0. The van der Waals surface area contributed by atoms with Gasteiger partial charge in [-0.3, -0.25) is 4.79 Å². The van der Waals surface area contributed by atoms with E-state index in [4.69, 9.17) is 25.8 Å². The zero-order chi connectivity index (χ0) is 23.5. The number of carbonyl (C=O) groups is 1. The maximum atomic E-state index is 13.0. The van der Waals surface area contributed by atoms with E-state index >= 15 is 0 Å². The molecule has 10 heteroatoms. The first-order valence-corrected chi connectivity index (χ1v) is 10.4. The van der Waals surface area contributed by atoms with Crippen molar-refractivity contribution in [3.05, 3.63) is 64.6 Å². The molecular weight excluding hydrogens is 446 g/mol. The highest BCUT2D eigenvalue weighted by atomic mass is 35.5. The first-order chi connectivity index (χ1) is 16.0. The average Bonchev–Trinajstić information content (AvgIpc) is 3.18. The summed E-state index contributed by atoms with van der Waals surface area (Å²) in [6, 6.07) is 12.5. The second-order valence-corrected chi connectivity index (χ2v) is 7.59. The molecule has 0 aliphatic rings. The number of benzene rings is 2. The minimum absolute atomic E-state index is 0.122. The third-order valence-electron chi connectivity index (χ3n) is 5.12. The summed E-state index contributed by atoms with van der Waals surface area (Å²) in [4.78, 5) is 13.0. The monoisotopic (exact) mass is 467 g/mol. The standard InChI is InChI=1S/C23H22ClN5O4/c1-13-21(23(30)25-17-11-15(24)7-10-19(17)33-4)26-27-22-20(18(12-31-2)28-29(13)22)14-5-8-16(32-3)9-6-14/h5-11H,12H2,1-4H3,(H,25,30). The molecule has 0 saturated carbocycles. The molecule has 1 N–H and O–H groups in total. The number of carbonyl (C=O) groups excluding carboxylic acids is 1. The lowest BCUT2D eigenvalue weighted by Gasteiger charge is -2.11. The van der Waals surface area contributed by atoms with Gasteiger partial charge in [-0.2, -0.15) is 5.10 Å². The van der Waals surface area contributed by atoms with E-state index in [0.717, 1.165) is 16.9 Å². The van der Waals surface area contributed by atoms with Crippen LogP contribution in [0.5, 0.6) is 11.5 Å². The van der Waals surface area contributed by atoms with E-state index in [2.05, 4.69) is 20.6 Å². The van der Waals surface area contributed by atoms with Crippen molar-refractivity contribution in [3.63, 3.8) is 0 Å². The molecule has 0 unspecified atom stereocenters. The fraction of sp³-hybridized carbons (Fsp3) is 0.217. The van der Waals surface area contributed by atoms with Crippen LogP contribution in [0.2, 0.25) is 5.02 Å². The second-order valence-electron chi connectivity index (χ2n) is 7.15. The predicted octanol–water partition coefficient (Wildman–Crippen LogP) is 4.17. The Balaban J connectivity index is 1.77. The molecule has 2 aromatic heterocycles. The van der Waals surface area contributed by atoms with Crippen molar-refractivity contribution >= 4 is 28.8 Å². The normalized spacial score (nSPS) is 10.9. The molecule has 0 atom stereocenters. The number of fused-ring (bicyclic) bond motifs is 1. The summed E-state index contributed by atoms with van der Waals surface area (Å²) in [5, 5.41) is 16.4. The minimum atomic E-state index is -0.461. The summed E-state index contributed by atoms with van der Waals surface area (Å²) >= 11 is 6.07. The van der Waals surface area contributed by atoms with Gasteiger partial charge in [0.05, 0.1) is 43.5 Å².